The normalized spacial score (nSPS) is 23.1. The maximum absolute atomic E-state index is 13.0. The molecule has 2 aliphatic rings. The van der Waals surface area contributed by atoms with Gasteiger partial charge in [0.1, 0.15) is 0 Å². The second-order valence-electron chi connectivity index (χ2n) is 8.04. The second-order valence-corrected chi connectivity index (χ2v) is 9.98. The van der Waals surface area contributed by atoms with Crippen molar-refractivity contribution in [3.05, 3.63) is 29.8 Å². The number of hydrogen-bond acceptors (Lipinski definition) is 4. The fourth-order valence-electron chi connectivity index (χ4n) is 4.13. The predicted molar refractivity (Wildman–Crippen MR) is 113 cm³/mol. The van der Waals surface area contributed by atoms with Crippen LogP contribution in [0.4, 0.5) is 0 Å². The third-order valence-electron chi connectivity index (χ3n) is 5.99. The van der Waals surface area contributed by atoms with Crippen molar-refractivity contribution in [2.45, 2.75) is 50.5 Å². The minimum atomic E-state index is -3.55. The van der Waals surface area contributed by atoms with E-state index in [2.05, 4.69) is 0 Å². The zero-order valence-electron chi connectivity index (χ0n) is 16.7. The van der Waals surface area contributed by atoms with Gasteiger partial charge in [0.2, 0.25) is 15.9 Å². The van der Waals surface area contributed by atoms with Crippen LogP contribution in [0.25, 0.3) is 0 Å². The van der Waals surface area contributed by atoms with Crippen molar-refractivity contribution >= 4 is 28.3 Å². The van der Waals surface area contributed by atoms with Gasteiger partial charge in [-0.2, -0.15) is 4.31 Å². The number of rotatable bonds is 4. The first-order chi connectivity index (χ1) is 12.8. The highest BCUT2D eigenvalue weighted by Gasteiger charge is 2.36. The topological polar surface area (TPSA) is 83.7 Å². The summed E-state index contributed by atoms with van der Waals surface area (Å²) >= 11 is 0. The molecule has 28 heavy (non-hydrogen) atoms. The van der Waals surface area contributed by atoms with Crippen LogP contribution in [0.15, 0.2) is 29.2 Å². The lowest BCUT2D eigenvalue weighted by Gasteiger charge is -2.38. The lowest BCUT2D eigenvalue weighted by molar-refractivity contribution is -0.138. The van der Waals surface area contributed by atoms with E-state index in [-0.39, 0.29) is 36.8 Å². The quantitative estimate of drug-likeness (QED) is 0.796. The summed E-state index contributed by atoms with van der Waals surface area (Å²) in [5.74, 6) is 0.326. The zero-order chi connectivity index (χ0) is 19.6. The molecule has 2 fully saturated rings. The van der Waals surface area contributed by atoms with E-state index in [1.807, 2.05) is 30.9 Å². The summed E-state index contributed by atoms with van der Waals surface area (Å²) in [6.07, 6.45) is 3.34. The molecule has 2 unspecified atom stereocenters. The van der Waals surface area contributed by atoms with Crippen LogP contribution in [-0.2, 0) is 14.8 Å². The van der Waals surface area contributed by atoms with Crippen LogP contribution >= 0.6 is 12.4 Å². The number of sulfonamides is 1. The Hall–Kier alpha value is -1.15. The molecule has 1 aromatic carbocycles. The standard InChI is InChI=1S/C20H31N3O3S.ClH/c1-15-5-7-19(8-6-15)27(25,26)23-11-3-4-18(14-23)20(24)22-12-9-17(10-13-22)16(2)21;/h5-8,16-18H,3-4,9-14,21H2,1-2H3;1H. The second kappa shape index (κ2) is 9.57. The van der Waals surface area contributed by atoms with Gasteiger partial charge in [-0.25, -0.2) is 8.42 Å². The van der Waals surface area contributed by atoms with Crippen LogP contribution in [0, 0.1) is 18.8 Å². The smallest absolute Gasteiger partial charge is 0.243 e. The molecule has 0 saturated carbocycles. The maximum atomic E-state index is 13.0. The lowest BCUT2D eigenvalue weighted by Crippen LogP contribution is -2.49. The molecule has 0 spiro atoms. The van der Waals surface area contributed by atoms with Crippen molar-refractivity contribution in [2.75, 3.05) is 26.2 Å². The predicted octanol–water partition coefficient (Wildman–Crippen LogP) is 2.40. The summed E-state index contributed by atoms with van der Waals surface area (Å²) < 4.78 is 27.4. The summed E-state index contributed by atoms with van der Waals surface area (Å²) in [7, 11) is -3.55. The summed E-state index contributed by atoms with van der Waals surface area (Å²) in [6, 6.07) is 7.07. The molecule has 3 rings (SSSR count). The summed E-state index contributed by atoms with van der Waals surface area (Å²) in [6.45, 7) is 6.17. The molecule has 0 aliphatic carbocycles. The highest BCUT2D eigenvalue weighted by Crippen LogP contribution is 2.27. The maximum Gasteiger partial charge on any atom is 0.243 e. The van der Waals surface area contributed by atoms with Crippen LogP contribution in [0.2, 0.25) is 0 Å². The third-order valence-corrected chi connectivity index (χ3v) is 7.87. The molecule has 2 saturated heterocycles. The largest absolute Gasteiger partial charge is 0.342 e. The minimum Gasteiger partial charge on any atom is -0.342 e. The number of aryl methyl sites for hydroxylation is 1. The molecule has 2 aliphatic heterocycles. The number of amides is 1. The van der Waals surface area contributed by atoms with Gasteiger partial charge in [-0.1, -0.05) is 17.7 Å². The molecule has 8 heteroatoms. The highest BCUT2D eigenvalue weighted by atomic mass is 35.5. The average molecular weight is 430 g/mol. The molecule has 0 bridgehead atoms. The number of carbonyl (C=O) groups excluding carboxylic acids is 1. The molecule has 2 atom stereocenters. The number of piperidine rings is 2. The van der Waals surface area contributed by atoms with Gasteiger partial charge >= 0.3 is 0 Å². The van der Waals surface area contributed by atoms with Gasteiger partial charge in [-0.15, -0.1) is 12.4 Å². The molecule has 2 heterocycles. The SMILES string of the molecule is Cc1ccc(S(=O)(=O)N2CCCC(C(=O)N3CCC(C(C)N)CC3)C2)cc1.Cl. The first-order valence-corrected chi connectivity index (χ1v) is 11.3. The lowest BCUT2D eigenvalue weighted by atomic mass is 9.89. The minimum absolute atomic E-state index is 0. The molecule has 158 valence electrons. The fourth-order valence-corrected chi connectivity index (χ4v) is 5.65. The Morgan fingerprint density at radius 3 is 2.29 bits per heavy atom. The molecular formula is C20H32ClN3O3S. The van der Waals surface area contributed by atoms with Gasteiger partial charge in [-0.05, 0) is 57.6 Å². The average Bonchev–Trinajstić information content (AvgIpc) is 2.68. The van der Waals surface area contributed by atoms with E-state index in [9.17, 15) is 13.2 Å². The van der Waals surface area contributed by atoms with E-state index in [1.165, 1.54) is 4.31 Å². The summed E-state index contributed by atoms with van der Waals surface area (Å²) in [4.78, 5) is 15.2. The van der Waals surface area contributed by atoms with Gasteiger partial charge in [0.15, 0.2) is 0 Å². The number of hydrogen-bond donors (Lipinski definition) is 1. The van der Waals surface area contributed by atoms with Crippen molar-refractivity contribution in [3.8, 4) is 0 Å². The molecule has 0 aromatic heterocycles. The Balaban J connectivity index is 0.00000280. The molecule has 1 aromatic rings. The molecule has 1 amide bonds. The third kappa shape index (κ3) is 5.06. The van der Waals surface area contributed by atoms with Crippen LogP contribution in [0.1, 0.15) is 38.2 Å². The molecule has 2 N–H and O–H groups in total. The number of nitrogens with two attached hydrogens (primary N) is 1. The Morgan fingerprint density at radius 2 is 1.71 bits per heavy atom. The Morgan fingerprint density at radius 1 is 1.11 bits per heavy atom. The van der Waals surface area contributed by atoms with Crippen molar-refractivity contribution in [3.63, 3.8) is 0 Å². The Labute approximate surface area is 174 Å². The number of nitrogens with zero attached hydrogens (tertiary/aromatic N) is 2. The van der Waals surface area contributed by atoms with Gasteiger partial charge in [0.25, 0.3) is 0 Å². The van der Waals surface area contributed by atoms with Crippen LogP contribution in [0.5, 0.6) is 0 Å². The zero-order valence-corrected chi connectivity index (χ0v) is 18.3. The van der Waals surface area contributed by atoms with E-state index >= 15 is 0 Å². The molecule has 6 nitrogen and oxygen atoms in total. The molecule has 0 radical (unpaired) electrons. The van der Waals surface area contributed by atoms with E-state index in [1.54, 1.807) is 12.1 Å². The number of likely N-dealkylation sites (tertiary alicyclic amines) is 1. The van der Waals surface area contributed by atoms with Crippen molar-refractivity contribution in [2.24, 2.45) is 17.6 Å². The van der Waals surface area contributed by atoms with Crippen molar-refractivity contribution < 1.29 is 13.2 Å². The highest BCUT2D eigenvalue weighted by molar-refractivity contribution is 7.89. The Bertz CT molecular complexity index is 759. The first-order valence-electron chi connectivity index (χ1n) is 9.90. The molecular weight excluding hydrogens is 398 g/mol. The number of halogens is 1. The van der Waals surface area contributed by atoms with Crippen LogP contribution in [0.3, 0.4) is 0 Å². The van der Waals surface area contributed by atoms with E-state index in [0.29, 0.717) is 17.4 Å². The van der Waals surface area contributed by atoms with Crippen LogP contribution < -0.4 is 5.73 Å². The summed E-state index contributed by atoms with van der Waals surface area (Å²) in [5.41, 5.74) is 7.01. The van der Waals surface area contributed by atoms with Gasteiger partial charge < -0.3 is 10.6 Å². The van der Waals surface area contributed by atoms with Crippen molar-refractivity contribution in [1.29, 1.82) is 0 Å². The van der Waals surface area contributed by atoms with Crippen LogP contribution in [-0.4, -0.2) is 55.8 Å². The number of benzene rings is 1. The van der Waals surface area contributed by atoms with Crippen molar-refractivity contribution in [1.82, 2.24) is 9.21 Å². The van der Waals surface area contributed by atoms with Gasteiger partial charge in [-0.3, -0.25) is 4.79 Å². The van der Waals surface area contributed by atoms with E-state index in [0.717, 1.165) is 44.3 Å². The Kier molecular flexibility index (Phi) is 7.90. The monoisotopic (exact) mass is 429 g/mol. The van der Waals surface area contributed by atoms with E-state index in [4.69, 9.17) is 5.73 Å². The summed E-state index contributed by atoms with van der Waals surface area (Å²) in [5, 5.41) is 0. The fraction of sp³-hybridized carbons (Fsp3) is 0.650. The van der Waals surface area contributed by atoms with Gasteiger partial charge in [0, 0.05) is 32.2 Å². The van der Waals surface area contributed by atoms with Gasteiger partial charge in [0.05, 0.1) is 10.8 Å². The number of carbonyl (C=O) groups is 1. The first kappa shape index (κ1) is 23.1. The van der Waals surface area contributed by atoms with E-state index < -0.39 is 10.0 Å².